The number of nitrogens with one attached hydrogen (secondary N) is 2. The third kappa shape index (κ3) is 9.51. The molecule has 0 saturated heterocycles. The Morgan fingerprint density at radius 2 is 1.13 bits per heavy atom. The molecule has 2 aromatic rings. The summed E-state index contributed by atoms with van der Waals surface area (Å²) in [6, 6.07) is 17.6. The number of nitrogens with two attached hydrogens (primary N) is 1. The van der Waals surface area contributed by atoms with Crippen LogP contribution in [0.3, 0.4) is 0 Å². The maximum absolute atomic E-state index is 11.8. The maximum Gasteiger partial charge on any atom is 0.330 e. The Bertz CT molecular complexity index is 1020. The van der Waals surface area contributed by atoms with E-state index in [0.717, 1.165) is 11.1 Å². The highest BCUT2D eigenvalue weighted by Crippen LogP contribution is 2.20. The van der Waals surface area contributed by atoms with Crippen LogP contribution in [-0.2, 0) is 19.1 Å². The molecule has 0 spiro atoms. The van der Waals surface area contributed by atoms with Crippen LogP contribution in [0.1, 0.15) is 64.8 Å². The number of esters is 2. The lowest BCUT2D eigenvalue weighted by Crippen LogP contribution is -2.58. The molecule has 4 atom stereocenters. The molecule has 2 rings (SSSR count). The summed E-state index contributed by atoms with van der Waals surface area (Å²) in [4.78, 5) is 34.3. The third-order valence-corrected chi connectivity index (χ3v) is 6.23. The monoisotopic (exact) mass is 530 g/mol. The van der Waals surface area contributed by atoms with Crippen molar-refractivity contribution in [3.8, 4) is 0 Å². The van der Waals surface area contributed by atoms with Crippen molar-refractivity contribution in [1.82, 2.24) is 10.6 Å². The molecule has 0 aromatic heterocycles. The second-order valence-corrected chi connectivity index (χ2v) is 10.2. The zero-order valence-corrected chi connectivity index (χ0v) is 23.6. The Hall–Kier alpha value is -3.34. The molecule has 2 aromatic carbocycles. The minimum Gasteiger partial charge on any atom is -0.468 e. The highest BCUT2D eigenvalue weighted by atomic mass is 16.6. The average Bonchev–Trinajstić information content (AvgIpc) is 2.89. The van der Waals surface area contributed by atoms with Gasteiger partial charge in [-0.15, -0.1) is 0 Å². The number of hydrogen-bond donors (Lipinski definition) is 3. The molecule has 0 heterocycles. The summed E-state index contributed by atoms with van der Waals surface area (Å²) in [5, 5.41) is 17.4. The summed E-state index contributed by atoms with van der Waals surface area (Å²) < 4.78 is 9.47. The first-order chi connectivity index (χ1) is 17.7. The van der Waals surface area contributed by atoms with Gasteiger partial charge in [0, 0.05) is 36.4 Å². The van der Waals surface area contributed by atoms with Gasteiger partial charge in [-0.25, -0.2) is 0 Å². The average molecular weight is 531 g/mol. The highest BCUT2D eigenvalue weighted by Gasteiger charge is 2.47. The molecule has 10 nitrogen and oxygen atoms in total. The van der Waals surface area contributed by atoms with Crippen molar-refractivity contribution in [2.75, 3.05) is 14.2 Å². The number of ether oxygens (including phenoxy) is 2. The van der Waals surface area contributed by atoms with E-state index < -0.39 is 34.1 Å². The summed E-state index contributed by atoms with van der Waals surface area (Å²) in [6.45, 7) is 10.3. The smallest absolute Gasteiger partial charge is 0.330 e. The van der Waals surface area contributed by atoms with Gasteiger partial charge in [0.05, 0.1) is 14.2 Å². The van der Waals surface area contributed by atoms with Gasteiger partial charge in [-0.05, 0) is 38.8 Å². The molecule has 0 unspecified atom stereocenters. The van der Waals surface area contributed by atoms with Crippen LogP contribution in [0.15, 0.2) is 60.7 Å². The molecule has 4 N–H and O–H groups in total. The lowest BCUT2D eigenvalue weighted by molar-refractivity contribution is -0.563. The first-order valence-corrected chi connectivity index (χ1v) is 12.4. The van der Waals surface area contributed by atoms with Crippen molar-refractivity contribution in [2.24, 2.45) is 5.73 Å². The normalized spacial score (nSPS) is 14.7. The van der Waals surface area contributed by atoms with Crippen molar-refractivity contribution in [1.29, 1.82) is 0 Å². The predicted octanol–water partition coefficient (Wildman–Crippen LogP) is 3.55. The van der Waals surface area contributed by atoms with Crippen molar-refractivity contribution in [3.63, 3.8) is 0 Å². The van der Waals surface area contributed by atoms with Gasteiger partial charge in [0.25, 0.3) is 0 Å². The van der Waals surface area contributed by atoms with Gasteiger partial charge in [-0.3, -0.25) is 30.3 Å². The van der Waals surface area contributed by atoms with Gasteiger partial charge in [-0.1, -0.05) is 60.7 Å². The zero-order chi connectivity index (χ0) is 29.1. The SMILES string of the molecule is COC(=O)[C@H](N[C@H](C)c1ccccc1)C(C)(C)N.COC(=O)[C@H](N[C@H](C)c1ccccc1)C(C)(C)[N+](=O)[O-]. The Morgan fingerprint density at radius 1 is 0.789 bits per heavy atom. The first-order valence-electron chi connectivity index (χ1n) is 12.4. The Morgan fingerprint density at radius 3 is 1.45 bits per heavy atom. The van der Waals surface area contributed by atoms with Crippen molar-refractivity contribution in [3.05, 3.63) is 81.9 Å². The van der Waals surface area contributed by atoms with Gasteiger partial charge in [0.15, 0.2) is 6.04 Å². The lowest BCUT2D eigenvalue weighted by atomic mass is 9.93. The fraction of sp³-hybridized carbons (Fsp3) is 0.500. The first kappa shape index (κ1) is 32.7. The van der Waals surface area contributed by atoms with Crippen LogP contribution in [0.5, 0.6) is 0 Å². The van der Waals surface area contributed by atoms with Crippen molar-refractivity contribution in [2.45, 2.75) is 76.8 Å². The van der Waals surface area contributed by atoms with Crippen LogP contribution in [-0.4, -0.2) is 54.2 Å². The standard InChI is InChI=1S/C14H20N2O4.C14H22N2O2/c1-10(11-8-6-5-7-9-11)15-12(13(17)20-4)14(2,3)16(18)19;1-10(11-8-6-5-7-9-11)16-12(13(17)18-4)14(2,3)15/h5-10,12,15H,1-4H3;5-10,12,16H,15H2,1-4H3/t2*10-,12+/m11/s1. The molecule has 0 fully saturated rings. The molecular weight excluding hydrogens is 488 g/mol. The van der Waals surface area contributed by atoms with E-state index in [1.54, 1.807) is 13.8 Å². The number of hydrogen-bond acceptors (Lipinski definition) is 9. The van der Waals surface area contributed by atoms with Crippen LogP contribution >= 0.6 is 0 Å². The van der Waals surface area contributed by atoms with Gasteiger partial charge >= 0.3 is 11.9 Å². The maximum atomic E-state index is 11.8. The molecule has 210 valence electrons. The van der Waals surface area contributed by atoms with Gasteiger partial charge in [-0.2, -0.15) is 0 Å². The van der Waals surface area contributed by atoms with Crippen LogP contribution in [0, 0.1) is 10.1 Å². The number of rotatable bonds is 11. The number of nitro groups is 1. The number of methoxy groups -OCH3 is 2. The summed E-state index contributed by atoms with van der Waals surface area (Å²) in [5.74, 6) is -0.986. The topological polar surface area (TPSA) is 146 Å². The molecule has 0 radical (unpaired) electrons. The number of carbonyl (C=O) groups is 2. The number of nitrogens with zero attached hydrogens (tertiary/aromatic N) is 1. The quantitative estimate of drug-likeness (QED) is 0.225. The second-order valence-electron chi connectivity index (χ2n) is 10.2. The van der Waals surface area contributed by atoms with Crippen LogP contribution < -0.4 is 16.4 Å². The largest absolute Gasteiger partial charge is 0.468 e. The summed E-state index contributed by atoms with van der Waals surface area (Å²) >= 11 is 0. The van der Waals surface area contributed by atoms with Gasteiger partial charge in [0.1, 0.15) is 6.04 Å². The lowest BCUT2D eigenvalue weighted by Gasteiger charge is -2.31. The molecule has 10 heteroatoms. The molecule has 0 aliphatic heterocycles. The van der Waals surface area contributed by atoms with E-state index in [9.17, 15) is 19.7 Å². The fourth-order valence-corrected chi connectivity index (χ4v) is 3.66. The van der Waals surface area contributed by atoms with E-state index in [1.165, 1.54) is 28.1 Å². The highest BCUT2D eigenvalue weighted by molar-refractivity contribution is 5.77. The summed E-state index contributed by atoms with van der Waals surface area (Å²) in [5.41, 5.74) is 5.92. The van der Waals surface area contributed by atoms with Crippen molar-refractivity contribution >= 4 is 11.9 Å². The molecule has 0 aliphatic rings. The molecule has 0 amide bonds. The summed E-state index contributed by atoms with van der Waals surface area (Å²) in [6.07, 6.45) is 0. The minimum atomic E-state index is -1.46. The molecular formula is C28H42N4O6. The van der Waals surface area contributed by atoms with Gasteiger partial charge in [0.2, 0.25) is 5.54 Å². The fourth-order valence-electron chi connectivity index (χ4n) is 3.66. The van der Waals surface area contributed by atoms with E-state index in [0.29, 0.717) is 0 Å². The van der Waals surface area contributed by atoms with Gasteiger partial charge < -0.3 is 15.2 Å². The third-order valence-electron chi connectivity index (χ3n) is 6.23. The van der Waals surface area contributed by atoms with Crippen LogP contribution in [0.4, 0.5) is 0 Å². The number of carbonyl (C=O) groups excluding carboxylic acids is 2. The van der Waals surface area contributed by atoms with E-state index in [1.807, 2.05) is 74.5 Å². The Balaban J connectivity index is 0.000000382. The van der Waals surface area contributed by atoms with Crippen molar-refractivity contribution < 1.29 is 24.0 Å². The molecule has 0 saturated carbocycles. The van der Waals surface area contributed by atoms with E-state index in [-0.39, 0.29) is 18.1 Å². The zero-order valence-electron chi connectivity index (χ0n) is 23.6. The number of benzene rings is 2. The molecule has 0 bridgehead atoms. The molecule has 38 heavy (non-hydrogen) atoms. The van der Waals surface area contributed by atoms with E-state index in [2.05, 4.69) is 15.4 Å². The Labute approximate surface area is 225 Å². The van der Waals surface area contributed by atoms with E-state index >= 15 is 0 Å². The Kier molecular flexibility index (Phi) is 12.5. The second kappa shape index (κ2) is 14.6. The molecule has 0 aliphatic carbocycles. The summed E-state index contributed by atoms with van der Waals surface area (Å²) in [7, 11) is 2.59. The van der Waals surface area contributed by atoms with Crippen LogP contribution in [0.25, 0.3) is 0 Å². The minimum absolute atomic E-state index is 0.0260. The van der Waals surface area contributed by atoms with Crippen LogP contribution in [0.2, 0.25) is 0 Å². The predicted molar refractivity (Wildman–Crippen MR) is 147 cm³/mol. The van der Waals surface area contributed by atoms with E-state index in [4.69, 9.17) is 10.5 Å².